The van der Waals surface area contributed by atoms with Crippen LogP contribution in [0.5, 0.6) is 5.75 Å². The van der Waals surface area contributed by atoms with Gasteiger partial charge in [0.15, 0.2) is 11.6 Å². The fourth-order valence-corrected chi connectivity index (χ4v) is 4.70. The molecule has 1 aromatic carbocycles. The van der Waals surface area contributed by atoms with E-state index in [2.05, 4.69) is 0 Å². The second kappa shape index (κ2) is 8.53. The number of benzene rings is 1. The summed E-state index contributed by atoms with van der Waals surface area (Å²) in [5, 5.41) is 2.02. The Morgan fingerprint density at radius 1 is 1.28 bits per heavy atom. The summed E-state index contributed by atoms with van der Waals surface area (Å²) in [6.07, 6.45) is 3.04. The molecule has 1 atom stereocenters. The van der Waals surface area contributed by atoms with E-state index in [0.717, 1.165) is 24.8 Å². The van der Waals surface area contributed by atoms with Gasteiger partial charge in [0.2, 0.25) is 11.8 Å². The molecule has 1 aromatic heterocycles. The molecule has 1 unspecified atom stereocenters. The molecule has 1 aliphatic carbocycles. The van der Waals surface area contributed by atoms with Gasteiger partial charge in [0.1, 0.15) is 6.61 Å². The number of amides is 2. The number of rotatable bonds is 7. The third-order valence-corrected chi connectivity index (χ3v) is 6.59. The van der Waals surface area contributed by atoms with Crippen molar-refractivity contribution >= 4 is 23.2 Å². The lowest BCUT2D eigenvalue weighted by atomic mass is 10.0. The summed E-state index contributed by atoms with van der Waals surface area (Å²) in [5.41, 5.74) is 1.06. The monoisotopic (exact) mass is 416 g/mol. The van der Waals surface area contributed by atoms with Crippen LogP contribution in [0.2, 0.25) is 0 Å². The number of ether oxygens (including phenoxy) is 1. The Labute approximate surface area is 174 Å². The maximum absolute atomic E-state index is 14.0. The van der Waals surface area contributed by atoms with Crippen LogP contribution >= 0.6 is 11.3 Å². The van der Waals surface area contributed by atoms with Gasteiger partial charge >= 0.3 is 0 Å². The molecule has 1 fully saturated rings. The average molecular weight is 417 g/mol. The van der Waals surface area contributed by atoms with Crippen LogP contribution in [-0.2, 0) is 16.0 Å². The molecule has 2 amide bonds. The van der Waals surface area contributed by atoms with Gasteiger partial charge in [-0.1, -0.05) is 12.1 Å². The van der Waals surface area contributed by atoms with E-state index in [0.29, 0.717) is 19.0 Å². The zero-order chi connectivity index (χ0) is 20.4. The summed E-state index contributed by atoms with van der Waals surface area (Å²) < 4.78 is 19.7. The molecule has 2 heterocycles. The minimum absolute atomic E-state index is 0.0716. The highest BCUT2D eigenvalue weighted by Gasteiger charge is 2.34. The van der Waals surface area contributed by atoms with Crippen molar-refractivity contribution in [2.45, 2.75) is 32.2 Å². The molecule has 1 aliphatic heterocycles. The number of carbonyl (C=O) groups excluding carboxylic acids is 2. The summed E-state index contributed by atoms with van der Waals surface area (Å²) in [5.74, 6) is 0.134. The highest BCUT2D eigenvalue weighted by Crippen LogP contribution is 2.34. The summed E-state index contributed by atoms with van der Waals surface area (Å²) in [6.45, 7) is 3.00. The smallest absolute Gasteiger partial charge is 0.242 e. The normalized spacial score (nSPS) is 18.3. The van der Waals surface area contributed by atoms with Crippen molar-refractivity contribution in [2.75, 3.05) is 26.2 Å². The maximum Gasteiger partial charge on any atom is 0.242 e. The Morgan fingerprint density at radius 2 is 2.07 bits per heavy atom. The topological polar surface area (TPSA) is 49.9 Å². The van der Waals surface area contributed by atoms with Crippen LogP contribution in [0.25, 0.3) is 0 Å². The molecule has 29 heavy (non-hydrogen) atoms. The van der Waals surface area contributed by atoms with Crippen molar-refractivity contribution < 1.29 is 18.7 Å². The minimum atomic E-state index is -0.418. The minimum Gasteiger partial charge on any atom is -0.488 e. The first-order valence-corrected chi connectivity index (χ1v) is 10.9. The van der Waals surface area contributed by atoms with Gasteiger partial charge < -0.3 is 14.5 Å². The van der Waals surface area contributed by atoms with Crippen molar-refractivity contribution in [3.8, 4) is 5.75 Å². The number of halogens is 1. The highest BCUT2D eigenvalue weighted by atomic mass is 32.1. The first kappa shape index (κ1) is 19.9. The predicted molar refractivity (Wildman–Crippen MR) is 109 cm³/mol. The van der Waals surface area contributed by atoms with E-state index >= 15 is 0 Å². The molecule has 2 aromatic rings. The lowest BCUT2D eigenvalue weighted by molar-refractivity contribution is -0.142. The number of thiophene rings is 1. The first-order valence-electron chi connectivity index (χ1n) is 10.0. The van der Waals surface area contributed by atoms with E-state index in [-0.39, 0.29) is 36.8 Å². The van der Waals surface area contributed by atoms with Crippen molar-refractivity contribution in [2.24, 2.45) is 5.92 Å². The summed E-state index contributed by atoms with van der Waals surface area (Å²) in [4.78, 5) is 29.8. The summed E-state index contributed by atoms with van der Waals surface area (Å²) in [7, 11) is 0. The van der Waals surface area contributed by atoms with Gasteiger partial charge in [-0.2, -0.15) is 0 Å². The fraction of sp³-hybridized carbons (Fsp3) is 0.455. The molecule has 0 saturated heterocycles. The molecule has 7 heteroatoms. The first-order chi connectivity index (χ1) is 14.0. The van der Waals surface area contributed by atoms with Gasteiger partial charge in [0.05, 0.1) is 12.6 Å². The number of nitrogens with zero attached hydrogens (tertiary/aromatic N) is 2. The van der Waals surface area contributed by atoms with Gasteiger partial charge in [0, 0.05) is 24.9 Å². The number of hydrogen-bond donors (Lipinski definition) is 0. The summed E-state index contributed by atoms with van der Waals surface area (Å²) in [6, 6.07) is 8.02. The van der Waals surface area contributed by atoms with Gasteiger partial charge in [-0.3, -0.25) is 9.59 Å². The van der Waals surface area contributed by atoms with Crippen molar-refractivity contribution in [1.82, 2.24) is 9.80 Å². The van der Waals surface area contributed by atoms with Gasteiger partial charge in [-0.05, 0) is 54.3 Å². The van der Waals surface area contributed by atoms with E-state index in [9.17, 15) is 14.0 Å². The number of carbonyl (C=O) groups is 2. The van der Waals surface area contributed by atoms with Crippen LogP contribution in [-0.4, -0.2) is 47.9 Å². The van der Waals surface area contributed by atoms with Crippen LogP contribution < -0.4 is 4.74 Å². The molecule has 0 N–H and O–H groups in total. The van der Waals surface area contributed by atoms with Crippen LogP contribution in [0.3, 0.4) is 0 Å². The molecule has 5 nitrogen and oxygen atoms in total. The van der Waals surface area contributed by atoms with Gasteiger partial charge in [-0.15, -0.1) is 11.3 Å². The standard InChI is InChI=1S/C22H25FN2O3S/c1-15(26)24(12-16-6-7-16)13-22(27)25-10-8-21-17(9-11-29-21)19(25)14-28-20-5-3-2-4-18(20)23/h2-5,9,11,16,19H,6-8,10,12-14H2,1H3. The average Bonchev–Trinajstić information content (AvgIpc) is 3.39. The Hall–Kier alpha value is -2.41. The molecule has 4 rings (SSSR count). The van der Waals surface area contributed by atoms with E-state index in [1.165, 1.54) is 17.9 Å². The Kier molecular flexibility index (Phi) is 5.85. The van der Waals surface area contributed by atoms with Crippen LogP contribution in [0.1, 0.15) is 36.2 Å². The SMILES string of the molecule is CC(=O)N(CC(=O)N1CCc2sccc2C1COc1ccccc1F)CC1CC1. The molecule has 1 saturated carbocycles. The largest absolute Gasteiger partial charge is 0.488 e. The van der Waals surface area contributed by atoms with Crippen molar-refractivity contribution in [1.29, 1.82) is 0 Å². The van der Waals surface area contributed by atoms with Crippen molar-refractivity contribution in [3.05, 3.63) is 52.0 Å². The van der Waals surface area contributed by atoms with E-state index in [1.807, 2.05) is 11.4 Å². The summed E-state index contributed by atoms with van der Waals surface area (Å²) >= 11 is 1.67. The van der Waals surface area contributed by atoms with E-state index in [1.54, 1.807) is 39.3 Å². The van der Waals surface area contributed by atoms with Crippen LogP contribution in [0, 0.1) is 11.7 Å². The lowest BCUT2D eigenvalue weighted by Gasteiger charge is -2.37. The zero-order valence-corrected chi connectivity index (χ0v) is 17.3. The third-order valence-electron chi connectivity index (χ3n) is 5.60. The second-order valence-electron chi connectivity index (χ2n) is 7.74. The number of para-hydroxylation sites is 1. The number of fused-ring (bicyclic) bond motifs is 1. The Morgan fingerprint density at radius 3 is 2.79 bits per heavy atom. The predicted octanol–water partition coefficient (Wildman–Crippen LogP) is 3.65. The molecular weight excluding hydrogens is 391 g/mol. The van der Waals surface area contributed by atoms with Crippen LogP contribution in [0.4, 0.5) is 4.39 Å². The molecular formula is C22H25FN2O3S. The zero-order valence-electron chi connectivity index (χ0n) is 16.5. The second-order valence-corrected chi connectivity index (χ2v) is 8.74. The van der Waals surface area contributed by atoms with Gasteiger partial charge in [0.25, 0.3) is 0 Å². The third kappa shape index (κ3) is 4.61. The van der Waals surface area contributed by atoms with Gasteiger partial charge in [-0.25, -0.2) is 4.39 Å². The molecule has 154 valence electrons. The van der Waals surface area contributed by atoms with Crippen LogP contribution in [0.15, 0.2) is 35.7 Å². The van der Waals surface area contributed by atoms with E-state index < -0.39 is 5.82 Å². The Balaban J connectivity index is 1.50. The highest BCUT2D eigenvalue weighted by molar-refractivity contribution is 7.10. The molecule has 0 spiro atoms. The number of hydrogen-bond acceptors (Lipinski definition) is 4. The van der Waals surface area contributed by atoms with E-state index in [4.69, 9.17) is 4.74 Å². The lowest BCUT2D eigenvalue weighted by Crippen LogP contribution is -2.47. The molecule has 0 radical (unpaired) electrons. The molecule has 2 aliphatic rings. The quantitative estimate of drug-likeness (QED) is 0.692. The molecule has 0 bridgehead atoms. The van der Waals surface area contributed by atoms with Crippen molar-refractivity contribution in [3.63, 3.8) is 0 Å². The fourth-order valence-electron chi connectivity index (χ4n) is 3.78. The Bertz CT molecular complexity index is 896. The maximum atomic E-state index is 14.0.